The van der Waals surface area contributed by atoms with Gasteiger partial charge in [0.15, 0.2) is 0 Å². The van der Waals surface area contributed by atoms with Gasteiger partial charge in [0.05, 0.1) is 5.60 Å². The lowest BCUT2D eigenvalue weighted by atomic mass is 9.80. The standard InChI is InChI=1S/C16H16FN3O3/c17-11-4-1-2-5-13(11)20-14(21)7-6-12(19-20)15(22)18-10-16(23)8-3-9-16/h1-2,4-7,23H,3,8-10H2,(H,18,22). The van der Waals surface area contributed by atoms with Gasteiger partial charge in [-0.05, 0) is 37.5 Å². The maximum Gasteiger partial charge on any atom is 0.271 e. The zero-order valence-corrected chi connectivity index (χ0v) is 12.3. The number of para-hydroxylation sites is 1. The average molecular weight is 317 g/mol. The number of hydrogen-bond acceptors (Lipinski definition) is 4. The molecule has 1 aliphatic carbocycles. The van der Waals surface area contributed by atoms with Crippen LogP contribution in [0.25, 0.3) is 5.69 Å². The zero-order valence-electron chi connectivity index (χ0n) is 12.3. The molecule has 0 saturated heterocycles. The van der Waals surface area contributed by atoms with E-state index in [1.807, 2.05) is 0 Å². The first kappa shape index (κ1) is 15.4. The van der Waals surface area contributed by atoms with E-state index in [0.29, 0.717) is 12.8 Å². The molecule has 2 aromatic rings. The second-order valence-corrected chi connectivity index (χ2v) is 5.68. The molecule has 7 heteroatoms. The Morgan fingerprint density at radius 3 is 2.70 bits per heavy atom. The van der Waals surface area contributed by atoms with Crippen molar-refractivity contribution >= 4 is 5.91 Å². The summed E-state index contributed by atoms with van der Waals surface area (Å²) in [5, 5.41) is 16.5. The van der Waals surface area contributed by atoms with Gasteiger partial charge >= 0.3 is 0 Å². The molecular weight excluding hydrogens is 301 g/mol. The smallest absolute Gasteiger partial charge is 0.271 e. The molecule has 0 radical (unpaired) electrons. The van der Waals surface area contributed by atoms with Crippen LogP contribution in [0.15, 0.2) is 41.2 Å². The third-order valence-electron chi connectivity index (χ3n) is 3.98. The number of benzene rings is 1. The molecule has 23 heavy (non-hydrogen) atoms. The number of aromatic nitrogens is 2. The van der Waals surface area contributed by atoms with E-state index in [0.717, 1.165) is 17.2 Å². The maximum absolute atomic E-state index is 13.8. The first-order valence-corrected chi connectivity index (χ1v) is 7.34. The number of amides is 1. The summed E-state index contributed by atoms with van der Waals surface area (Å²) in [6.45, 7) is 0.131. The van der Waals surface area contributed by atoms with E-state index in [9.17, 15) is 19.1 Å². The summed E-state index contributed by atoms with van der Waals surface area (Å²) in [6.07, 6.45) is 2.23. The van der Waals surface area contributed by atoms with Crippen LogP contribution >= 0.6 is 0 Å². The molecule has 1 fully saturated rings. The lowest BCUT2D eigenvalue weighted by Crippen LogP contribution is -2.48. The normalized spacial score (nSPS) is 15.7. The van der Waals surface area contributed by atoms with Crippen LogP contribution in [0, 0.1) is 5.82 Å². The molecular formula is C16H16FN3O3. The Morgan fingerprint density at radius 2 is 2.04 bits per heavy atom. The zero-order chi connectivity index (χ0) is 16.4. The van der Waals surface area contributed by atoms with Gasteiger partial charge < -0.3 is 10.4 Å². The fourth-order valence-electron chi connectivity index (χ4n) is 2.43. The summed E-state index contributed by atoms with van der Waals surface area (Å²) >= 11 is 0. The monoisotopic (exact) mass is 317 g/mol. The first-order valence-electron chi connectivity index (χ1n) is 7.34. The second-order valence-electron chi connectivity index (χ2n) is 5.68. The molecule has 0 spiro atoms. The van der Waals surface area contributed by atoms with E-state index in [-0.39, 0.29) is 17.9 Å². The SMILES string of the molecule is O=C(NCC1(O)CCC1)c1ccc(=O)n(-c2ccccc2F)n1. The molecule has 1 heterocycles. The van der Waals surface area contributed by atoms with Crippen LogP contribution in [-0.4, -0.2) is 32.9 Å². The van der Waals surface area contributed by atoms with Crippen LogP contribution in [0.1, 0.15) is 29.8 Å². The van der Waals surface area contributed by atoms with Crippen LogP contribution in [-0.2, 0) is 0 Å². The maximum atomic E-state index is 13.8. The highest BCUT2D eigenvalue weighted by Crippen LogP contribution is 2.30. The number of rotatable bonds is 4. The molecule has 0 bridgehead atoms. The van der Waals surface area contributed by atoms with Gasteiger partial charge in [-0.25, -0.2) is 4.39 Å². The van der Waals surface area contributed by atoms with E-state index in [2.05, 4.69) is 10.4 Å². The van der Waals surface area contributed by atoms with Crippen molar-refractivity contribution < 1.29 is 14.3 Å². The minimum absolute atomic E-state index is 0.0178. The Balaban J connectivity index is 1.84. The first-order chi connectivity index (χ1) is 11.0. The van der Waals surface area contributed by atoms with Crippen LogP contribution in [0.5, 0.6) is 0 Å². The van der Waals surface area contributed by atoms with Gasteiger partial charge in [-0.3, -0.25) is 9.59 Å². The molecule has 0 atom stereocenters. The van der Waals surface area contributed by atoms with Gasteiger partial charge in [-0.2, -0.15) is 9.78 Å². The van der Waals surface area contributed by atoms with E-state index in [1.165, 1.54) is 24.3 Å². The minimum Gasteiger partial charge on any atom is -0.388 e. The highest BCUT2D eigenvalue weighted by atomic mass is 19.1. The van der Waals surface area contributed by atoms with E-state index < -0.39 is 22.9 Å². The topological polar surface area (TPSA) is 84.2 Å². The number of halogens is 1. The average Bonchev–Trinajstić information content (AvgIpc) is 2.52. The lowest BCUT2D eigenvalue weighted by molar-refractivity contribution is -0.0300. The van der Waals surface area contributed by atoms with Crippen molar-refractivity contribution in [1.29, 1.82) is 0 Å². The van der Waals surface area contributed by atoms with Crippen molar-refractivity contribution in [3.05, 3.63) is 58.3 Å². The third kappa shape index (κ3) is 3.14. The molecule has 3 rings (SSSR count). The Bertz CT molecular complexity index is 799. The summed E-state index contributed by atoms with van der Waals surface area (Å²) in [5.74, 6) is -1.13. The highest BCUT2D eigenvalue weighted by Gasteiger charge is 2.34. The van der Waals surface area contributed by atoms with Crippen LogP contribution < -0.4 is 10.9 Å². The van der Waals surface area contributed by atoms with Gasteiger partial charge in [-0.1, -0.05) is 12.1 Å². The number of carbonyl (C=O) groups excluding carboxylic acids is 1. The molecule has 1 amide bonds. The number of carbonyl (C=O) groups is 1. The second kappa shape index (κ2) is 5.92. The Morgan fingerprint density at radius 1 is 1.30 bits per heavy atom. The summed E-state index contributed by atoms with van der Waals surface area (Å²) in [7, 11) is 0. The van der Waals surface area contributed by atoms with Crippen molar-refractivity contribution in [3.63, 3.8) is 0 Å². The van der Waals surface area contributed by atoms with Gasteiger partial charge in [0.2, 0.25) is 0 Å². The highest BCUT2D eigenvalue weighted by molar-refractivity contribution is 5.92. The van der Waals surface area contributed by atoms with Crippen LogP contribution in [0.2, 0.25) is 0 Å². The summed E-state index contributed by atoms with van der Waals surface area (Å²) in [6, 6.07) is 8.13. The summed E-state index contributed by atoms with van der Waals surface area (Å²) in [5.41, 5.74) is -1.43. The number of nitrogens with zero attached hydrogens (tertiary/aromatic N) is 2. The Kier molecular flexibility index (Phi) is 3.96. The predicted octanol–water partition coefficient (Wildman–Crippen LogP) is 1.02. The summed E-state index contributed by atoms with van der Waals surface area (Å²) < 4.78 is 14.7. The summed E-state index contributed by atoms with van der Waals surface area (Å²) in [4.78, 5) is 24.0. The fraction of sp³-hybridized carbons (Fsp3) is 0.312. The van der Waals surface area contributed by atoms with Crippen molar-refractivity contribution in [2.45, 2.75) is 24.9 Å². The lowest BCUT2D eigenvalue weighted by Gasteiger charge is -2.36. The molecule has 0 aliphatic heterocycles. The van der Waals surface area contributed by atoms with Crippen LogP contribution in [0.3, 0.4) is 0 Å². The van der Waals surface area contributed by atoms with E-state index in [4.69, 9.17) is 0 Å². The largest absolute Gasteiger partial charge is 0.388 e. The molecule has 1 aliphatic rings. The molecule has 120 valence electrons. The molecule has 1 aromatic heterocycles. The molecule has 1 saturated carbocycles. The number of hydrogen-bond donors (Lipinski definition) is 2. The molecule has 6 nitrogen and oxygen atoms in total. The van der Waals surface area contributed by atoms with Crippen molar-refractivity contribution in [2.75, 3.05) is 6.54 Å². The number of nitrogens with one attached hydrogen (secondary N) is 1. The van der Waals surface area contributed by atoms with Crippen molar-refractivity contribution in [2.24, 2.45) is 0 Å². The quantitative estimate of drug-likeness (QED) is 0.882. The van der Waals surface area contributed by atoms with Gasteiger partial charge in [-0.15, -0.1) is 0 Å². The van der Waals surface area contributed by atoms with Crippen LogP contribution in [0.4, 0.5) is 4.39 Å². The minimum atomic E-state index is -0.852. The van der Waals surface area contributed by atoms with Crippen molar-refractivity contribution in [1.82, 2.24) is 15.1 Å². The van der Waals surface area contributed by atoms with E-state index in [1.54, 1.807) is 6.07 Å². The van der Waals surface area contributed by atoms with E-state index >= 15 is 0 Å². The molecule has 2 N–H and O–H groups in total. The Labute approximate surface area is 131 Å². The fourth-order valence-corrected chi connectivity index (χ4v) is 2.43. The van der Waals surface area contributed by atoms with Crippen molar-refractivity contribution in [3.8, 4) is 5.69 Å². The molecule has 0 unspecified atom stereocenters. The molecule has 1 aromatic carbocycles. The Hall–Kier alpha value is -2.54. The van der Waals surface area contributed by atoms with Gasteiger partial charge in [0, 0.05) is 12.6 Å². The third-order valence-corrected chi connectivity index (χ3v) is 3.98. The predicted molar refractivity (Wildman–Crippen MR) is 80.9 cm³/mol. The number of aliphatic hydroxyl groups is 1. The van der Waals surface area contributed by atoms with Gasteiger partial charge in [0.1, 0.15) is 17.2 Å². The van der Waals surface area contributed by atoms with Gasteiger partial charge in [0.25, 0.3) is 11.5 Å².